The highest BCUT2D eigenvalue weighted by Gasteiger charge is 2.42. The van der Waals surface area contributed by atoms with Crippen LogP contribution >= 0.6 is 11.3 Å². The number of anilines is 1. The third kappa shape index (κ3) is 3.87. The fourth-order valence-corrected chi connectivity index (χ4v) is 5.55. The molecule has 1 saturated heterocycles. The molecule has 32 heavy (non-hydrogen) atoms. The highest BCUT2D eigenvalue weighted by atomic mass is 32.1. The molecule has 6 nitrogen and oxygen atoms in total. The van der Waals surface area contributed by atoms with Crippen LogP contribution in [0.4, 0.5) is 18.3 Å². The molecule has 1 saturated carbocycles. The molecule has 1 aromatic carbocycles. The van der Waals surface area contributed by atoms with E-state index in [0.717, 1.165) is 23.3 Å². The molecule has 0 unspecified atom stereocenters. The number of thiazole rings is 1. The summed E-state index contributed by atoms with van der Waals surface area (Å²) in [4.78, 5) is 33.5. The molecule has 10 heteroatoms. The first-order valence-corrected chi connectivity index (χ1v) is 11.4. The predicted molar refractivity (Wildman–Crippen MR) is 116 cm³/mol. The van der Waals surface area contributed by atoms with Gasteiger partial charge in [-0.3, -0.25) is 9.59 Å². The lowest BCUT2D eigenvalue weighted by atomic mass is 10.1. The number of benzene rings is 1. The maximum atomic E-state index is 13.6. The predicted octanol–water partition coefficient (Wildman–Crippen LogP) is 4.17. The molecule has 2 N–H and O–H groups in total. The first-order chi connectivity index (χ1) is 15.3. The normalized spacial score (nSPS) is 19.0. The van der Waals surface area contributed by atoms with Gasteiger partial charge in [0.25, 0.3) is 5.56 Å². The highest BCUT2D eigenvalue weighted by Crippen LogP contribution is 2.49. The van der Waals surface area contributed by atoms with Crippen LogP contribution < -0.4 is 15.8 Å². The lowest BCUT2D eigenvalue weighted by Gasteiger charge is -2.23. The average Bonchev–Trinajstić information content (AvgIpc) is 3.30. The Hall–Kier alpha value is -2.88. The number of hydrogen-bond donors (Lipinski definition) is 2. The first kappa shape index (κ1) is 21.0. The number of carbonyl (C=O) groups is 1. The Morgan fingerprint density at radius 2 is 1.97 bits per heavy atom. The van der Waals surface area contributed by atoms with Gasteiger partial charge < -0.3 is 15.2 Å². The van der Waals surface area contributed by atoms with Gasteiger partial charge in [-0.2, -0.15) is 13.2 Å². The van der Waals surface area contributed by atoms with Crippen LogP contribution in [0.3, 0.4) is 0 Å². The van der Waals surface area contributed by atoms with E-state index in [1.54, 1.807) is 0 Å². The molecule has 5 rings (SSSR count). The van der Waals surface area contributed by atoms with Gasteiger partial charge in [-0.15, -0.1) is 0 Å². The maximum Gasteiger partial charge on any atom is 0.431 e. The van der Waals surface area contributed by atoms with Crippen molar-refractivity contribution >= 4 is 32.6 Å². The van der Waals surface area contributed by atoms with Crippen molar-refractivity contribution in [2.75, 3.05) is 11.4 Å². The van der Waals surface area contributed by atoms with Crippen molar-refractivity contribution in [1.29, 1.82) is 0 Å². The molecule has 2 aromatic heterocycles. The van der Waals surface area contributed by atoms with Gasteiger partial charge in [0.05, 0.1) is 4.70 Å². The number of fused-ring (bicyclic) bond motifs is 1. The zero-order chi connectivity index (χ0) is 22.5. The second-order valence-electron chi connectivity index (χ2n) is 8.24. The van der Waals surface area contributed by atoms with Crippen LogP contribution in [0.25, 0.3) is 10.2 Å². The number of H-pyrrole nitrogens is 1. The summed E-state index contributed by atoms with van der Waals surface area (Å²) >= 11 is 1.08. The number of rotatable bonds is 5. The second-order valence-corrected chi connectivity index (χ2v) is 9.22. The van der Waals surface area contributed by atoms with Crippen molar-refractivity contribution in [3.63, 3.8) is 0 Å². The van der Waals surface area contributed by atoms with Crippen LogP contribution in [0.1, 0.15) is 48.4 Å². The van der Waals surface area contributed by atoms with Gasteiger partial charge in [0, 0.05) is 18.7 Å². The molecule has 1 atom stereocenters. The van der Waals surface area contributed by atoms with Crippen LogP contribution in [0.15, 0.2) is 35.1 Å². The van der Waals surface area contributed by atoms with E-state index in [4.69, 9.17) is 0 Å². The van der Waals surface area contributed by atoms with E-state index in [2.05, 4.69) is 10.3 Å². The maximum absolute atomic E-state index is 13.6. The largest absolute Gasteiger partial charge is 0.431 e. The fourth-order valence-electron chi connectivity index (χ4n) is 4.28. The zero-order valence-electron chi connectivity index (χ0n) is 17.0. The van der Waals surface area contributed by atoms with Crippen molar-refractivity contribution in [3.05, 3.63) is 57.5 Å². The van der Waals surface area contributed by atoms with Gasteiger partial charge in [-0.25, -0.2) is 4.98 Å². The van der Waals surface area contributed by atoms with Crippen LogP contribution in [-0.2, 0) is 17.5 Å². The minimum Gasteiger partial charge on any atom is -0.350 e. The number of nitrogens with one attached hydrogen (secondary N) is 2. The topological polar surface area (TPSA) is 78.1 Å². The molecule has 3 heterocycles. The molecule has 1 aliphatic heterocycles. The standard InChI is InChI=1S/C22H21F3N4O2S/c23-22(24,25)18-15(13-8-9-13)17-16(20(31)28-18)27-21(32-17)29-10-4-7-14(29)19(30)26-11-12-5-2-1-3-6-12/h1-3,5-6,13-14H,4,7-11H2,(H,26,30)(H,28,31)/t14-/m1/s1. The Labute approximate surface area is 185 Å². The highest BCUT2D eigenvalue weighted by molar-refractivity contribution is 7.22. The Morgan fingerprint density at radius 3 is 2.66 bits per heavy atom. The number of amides is 1. The van der Waals surface area contributed by atoms with Crippen molar-refractivity contribution in [3.8, 4) is 0 Å². The smallest absolute Gasteiger partial charge is 0.350 e. The van der Waals surface area contributed by atoms with Gasteiger partial charge in [0.1, 0.15) is 17.3 Å². The number of carbonyl (C=O) groups excluding carboxylic acids is 1. The molecule has 1 amide bonds. The molecule has 0 radical (unpaired) electrons. The summed E-state index contributed by atoms with van der Waals surface area (Å²) in [6, 6.07) is 9.07. The van der Waals surface area contributed by atoms with E-state index in [0.29, 0.717) is 37.5 Å². The van der Waals surface area contributed by atoms with E-state index in [1.165, 1.54) is 0 Å². The zero-order valence-corrected chi connectivity index (χ0v) is 17.9. The Balaban J connectivity index is 1.46. The summed E-state index contributed by atoms with van der Waals surface area (Å²) in [6.45, 7) is 0.955. The summed E-state index contributed by atoms with van der Waals surface area (Å²) in [6.07, 6.45) is -1.94. The second kappa shape index (κ2) is 7.91. The summed E-state index contributed by atoms with van der Waals surface area (Å²) in [5, 5.41) is 3.35. The number of halogens is 3. The van der Waals surface area contributed by atoms with Crippen LogP contribution in [0.5, 0.6) is 0 Å². The minimum atomic E-state index is -4.64. The lowest BCUT2D eigenvalue weighted by Crippen LogP contribution is -2.43. The molecule has 2 aliphatic rings. The van der Waals surface area contributed by atoms with Crippen molar-refractivity contribution in [2.24, 2.45) is 0 Å². The molecule has 1 aliphatic carbocycles. The third-order valence-electron chi connectivity index (χ3n) is 5.96. The monoisotopic (exact) mass is 462 g/mol. The molecular weight excluding hydrogens is 441 g/mol. The van der Waals surface area contributed by atoms with Crippen LogP contribution in [0, 0.1) is 0 Å². The first-order valence-electron chi connectivity index (χ1n) is 10.5. The number of nitrogens with zero attached hydrogens (tertiary/aromatic N) is 2. The summed E-state index contributed by atoms with van der Waals surface area (Å²) in [5.41, 5.74) is -0.671. The fraction of sp³-hybridized carbons (Fsp3) is 0.409. The van der Waals surface area contributed by atoms with Gasteiger partial charge in [-0.1, -0.05) is 41.7 Å². The number of aromatic nitrogens is 2. The van der Waals surface area contributed by atoms with Gasteiger partial charge in [-0.05, 0) is 37.2 Å². The quantitative estimate of drug-likeness (QED) is 0.597. The lowest BCUT2D eigenvalue weighted by molar-refractivity contribution is -0.141. The molecule has 0 bridgehead atoms. The van der Waals surface area contributed by atoms with Crippen LogP contribution in [0.2, 0.25) is 0 Å². The molecule has 168 valence electrons. The van der Waals surface area contributed by atoms with Gasteiger partial charge in [0.2, 0.25) is 5.91 Å². The summed E-state index contributed by atoms with van der Waals surface area (Å²) in [7, 11) is 0. The third-order valence-corrected chi connectivity index (χ3v) is 7.09. The van der Waals surface area contributed by atoms with E-state index >= 15 is 0 Å². The van der Waals surface area contributed by atoms with E-state index in [9.17, 15) is 22.8 Å². The number of hydrogen-bond acceptors (Lipinski definition) is 5. The van der Waals surface area contributed by atoms with Crippen molar-refractivity contribution in [1.82, 2.24) is 15.3 Å². The van der Waals surface area contributed by atoms with E-state index in [1.807, 2.05) is 40.2 Å². The minimum absolute atomic E-state index is 0.0234. The van der Waals surface area contributed by atoms with Crippen molar-refractivity contribution < 1.29 is 18.0 Å². The van der Waals surface area contributed by atoms with E-state index in [-0.39, 0.29) is 27.6 Å². The molecular formula is C22H21F3N4O2S. The SMILES string of the molecule is O=C(NCc1ccccc1)[C@H]1CCCN1c1nc2c(=O)[nH]c(C(F)(F)F)c(C3CC3)c2s1. The van der Waals surface area contributed by atoms with Crippen LogP contribution in [-0.4, -0.2) is 28.5 Å². The molecule has 2 fully saturated rings. The number of aromatic amines is 1. The number of alkyl halides is 3. The van der Waals surface area contributed by atoms with Crippen molar-refractivity contribution in [2.45, 2.75) is 50.4 Å². The van der Waals surface area contributed by atoms with Gasteiger partial charge >= 0.3 is 6.18 Å². The Kier molecular flexibility index (Phi) is 5.19. The Bertz CT molecular complexity index is 1220. The summed E-state index contributed by atoms with van der Waals surface area (Å²) < 4.78 is 41.1. The Morgan fingerprint density at radius 1 is 1.22 bits per heavy atom. The molecule has 3 aromatic rings. The number of pyridine rings is 1. The van der Waals surface area contributed by atoms with E-state index < -0.39 is 23.5 Å². The summed E-state index contributed by atoms with van der Waals surface area (Å²) in [5.74, 6) is -0.374. The molecule has 0 spiro atoms. The van der Waals surface area contributed by atoms with Gasteiger partial charge in [0.15, 0.2) is 5.13 Å². The average molecular weight is 462 g/mol.